The Balaban J connectivity index is 2.75. The number of aryl methyl sites for hydroxylation is 1. The van der Waals surface area contributed by atoms with Gasteiger partial charge in [0.15, 0.2) is 0 Å². The molecule has 1 heterocycles. The zero-order valence-corrected chi connectivity index (χ0v) is 9.10. The third-order valence-corrected chi connectivity index (χ3v) is 3.40. The monoisotopic (exact) mass is 239 g/mol. The molecule has 8 heteroatoms. The van der Waals surface area contributed by atoms with Crippen LogP contribution in [0.2, 0.25) is 0 Å². The molecule has 1 unspecified atom stereocenters. The first-order chi connectivity index (χ1) is 5.88. The van der Waals surface area contributed by atoms with Gasteiger partial charge in [0.1, 0.15) is 15.8 Å². The predicted molar refractivity (Wildman–Crippen MR) is 52.2 cm³/mol. The van der Waals surface area contributed by atoms with Gasteiger partial charge in [-0.2, -0.15) is 21.0 Å². The summed E-state index contributed by atoms with van der Waals surface area (Å²) in [6.07, 6.45) is 0. The summed E-state index contributed by atoms with van der Waals surface area (Å²) in [5.74, 6) is 0.704. The molecule has 0 bridgehead atoms. The van der Waals surface area contributed by atoms with Crippen LogP contribution < -0.4 is 0 Å². The minimum absolute atomic E-state index is 0.443. The second-order valence-corrected chi connectivity index (χ2v) is 5.33. The smallest absolute Gasteiger partial charge is 0.270 e. The van der Waals surface area contributed by atoms with Crippen LogP contribution in [0.5, 0.6) is 0 Å². The Morgan fingerprint density at radius 3 is 2.62 bits per heavy atom. The Hall–Kier alpha value is -0.180. The summed E-state index contributed by atoms with van der Waals surface area (Å²) in [5, 5.41) is 7.80. The molecule has 1 radical (unpaired) electrons. The number of hydrogen-bond donors (Lipinski definition) is 2. The fourth-order valence-electron chi connectivity index (χ4n) is 0.652. The number of aromatic nitrogens is 2. The molecular formula is C5H7N2O3S3. The summed E-state index contributed by atoms with van der Waals surface area (Å²) >= 11 is 5.17. The molecule has 0 amide bonds. The molecule has 0 aromatic carbocycles. The van der Waals surface area contributed by atoms with Crippen LogP contribution in [0.15, 0.2) is 0 Å². The average Bonchev–Trinajstić information content (AvgIpc) is 2.31. The van der Waals surface area contributed by atoms with Crippen molar-refractivity contribution >= 4 is 34.1 Å². The topological polar surface area (TPSA) is 80.2 Å². The Labute approximate surface area is 85.4 Å². The molecule has 0 fully saturated rings. The van der Waals surface area contributed by atoms with E-state index in [2.05, 4.69) is 22.8 Å². The lowest BCUT2D eigenvalue weighted by Crippen LogP contribution is -2.03. The number of hydrogen-bond acceptors (Lipinski definition) is 6. The van der Waals surface area contributed by atoms with E-state index in [1.54, 1.807) is 6.92 Å². The van der Waals surface area contributed by atoms with Crippen molar-refractivity contribution in [3.8, 4) is 0 Å². The summed E-state index contributed by atoms with van der Waals surface area (Å²) < 4.78 is 29.3. The molecule has 0 aliphatic rings. The van der Waals surface area contributed by atoms with Crippen molar-refractivity contribution in [2.45, 2.75) is 12.2 Å². The lowest BCUT2D eigenvalue weighted by molar-refractivity contribution is 0.489. The lowest BCUT2D eigenvalue weighted by atomic mass is 10.5. The molecule has 1 N–H and O–H groups in total. The molecule has 0 spiro atoms. The summed E-state index contributed by atoms with van der Waals surface area (Å²) in [6.45, 7) is 1.75. The number of rotatable bonds is 3. The van der Waals surface area contributed by atoms with E-state index in [0.717, 1.165) is 5.01 Å². The van der Waals surface area contributed by atoms with Crippen molar-refractivity contribution in [3.63, 3.8) is 0 Å². The molecule has 73 valence electrons. The molecule has 5 nitrogen and oxygen atoms in total. The normalized spacial score (nSPS) is 14.4. The largest absolute Gasteiger partial charge is 0.285 e. The van der Waals surface area contributed by atoms with Crippen molar-refractivity contribution in [2.24, 2.45) is 0 Å². The minimum atomic E-state index is -4.12. The van der Waals surface area contributed by atoms with Gasteiger partial charge in [0.25, 0.3) is 10.1 Å². The predicted octanol–water partition coefficient (Wildman–Crippen LogP) is 0.867. The molecule has 0 saturated heterocycles. The van der Waals surface area contributed by atoms with Gasteiger partial charge in [-0.1, -0.05) is 0 Å². The Morgan fingerprint density at radius 1 is 1.62 bits per heavy atom. The van der Waals surface area contributed by atoms with Gasteiger partial charge in [-0.15, -0.1) is 21.5 Å². The zero-order valence-electron chi connectivity index (χ0n) is 6.58. The van der Waals surface area contributed by atoms with E-state index in [-0.39, 0.29) is 0 Å². The van der Waals surface area contributed by atoms with Crippen LogP contribution in [0.4, 0.5) is 0 Å². The number of nitrogens with zero attached hydrogens (tertiary/aromatic N) is 2. The molecule has 13 heavy (non-hydrogen) atoms. The van der Waals surface area contributed by atoms with Crippen molar-refractivity contribution in [2.75, 3.05) is 0 Å². The fourth-order valence-corrected chi connectivity index (χ4v) is 2.52. The van der Waals surface area contributed by atoms with Gasteiger partial charge in [-0.3, -0.25) is 4.55 Å². The second-order valence-electron chi connectivity index (χ2n) is 2.26. The molecule has 0 aliphatic heterocycles. The summed E-state index contributed by atoms with van der Waals surface area (Å²) in [7, 11) is -4.12. The van der Waals surface area contributed by atoms with Gasteiger partial charge in [0.2, 0.25) is 0 Å². The van der Waals surface area contributed by atoms with E-state index in [9.17, 15) is 8.42 Å². The van der Waals surface area contributed by atoms with Gasteiger partial charge >= 0.3 is 0 Å². The molecular weight excluding hydrogens is 232 g/mol. The molecule has 0 aliphatic carbocycles. The first-order valence-corrected chi connectivity index (χ1v) is 6.02. The van der Waals surface area contributed by atoms with Gasteiger partial charge < -0.3 is 0 Å². The summed E-state index contributed by atoms with van der Waals surface area (Å²) in [4.78, 5) is 0. The maximum absolute atomic E-state index is 10.4. The van der Waals surface area contributed by atoms with Crippen LogP contribution in [0, 0.1) is 12.7 Å². The highest BCUT2D eigenvalue weighted by atomic mass is 32.2. The molecule has 0 saturated carbocycles. The lowest BCUT2D eigenvalue weighted by Gasteiger charge is -2.01. The van der Waals surface area contributed by atoms with Crippen molar-refractivity contribution in [1.29, 1.82) is 0 Å². The standard InChI is InChI=1S/C5H7N2O3S3/c1-3-6-7-5(12-3)4(11)2-13(8,9)10/h2,4,11H,1H3,(H,8,9,10). The van der Waals surface area contributed by atoms with Gasteiger partial charge in [-0.05, 0) is 6.92 Å². The van der Waals surface area contributed by atoms with Crippen LogP contribution in [0.25, 0.3) is 0 Å². The zero-order chi connectivity index (χ0) is 10.1. The first kappa shape index (κ1) is 10.9. The van der Waals surface area contributed by atoms with Crippen LogP contribution >= 0.6 is 24.0 Å². The summed E-state index contributed by atoms with van der Waals surface area (Å²) in [6, 6.07) is 0. The molecule has 1 aromatic heterocycles. The highest BCUT2D eigenvalue weighted by Crippen LogP contribution is 2.27. The van der Waals surface area contributed by atoms with E-state index in [4.69, 9.17) is 4.55 Å². The van der Waals surface area contributed by atoms with E-state index in [1.807, 2.05) is 0 Å². The van der Waals surface area contributed by atoms with Crippen molar-refractivity contribution in [3.05, 3.63) is 15.8 Å². The Morgan fingerprint density at radius 2 is 2.23 bits per heavy atom. The van der Waals surface area contributed by atoms with E-state index in [0.29, 0.717) is 10.8 Å². The van der Waals surface area contributed by atoms with Crippen LogP contribution in [-0.4, -0.2) is 23.2 Å². The highest BCUT2D eigenvalue weighted by Gasteiger charge is 2.19. The summed E-state index contributed by atoms with van der Waals surface area (Å²) in [5.41, 5.74) is 0. The second kappa shape index (κ2) is 3.91. The molecule has 1 rings (SSSR count). The van der Waals surface area contributed by atoms with E-state index < -0.39 is 15.4 Å². The third-order valence-electron chi connectivity index (χ3n) is 1.10. The van der Waals surface area contributed by atoms with Crippen LogP contribution in [0.3, 0.4) is 0 Å². The maximum atomic E-state index is 10.4. The van der Waals surface area contributed by atoms with Crippen molar-refractivity contribution in [1.82, 2.24) is 10.2 Å². The van der Waals surface area contributed by atoms with Crippen molar-refractivity contribution < 1.29 is 13.0 Å². The van der Waals surface area contributed by atoms with E-state index in [1.165, 1.54) is 11.3 Å². The quantitative estimate of drug-likeness (QED) is 0.604. The first-order valence-electron chi connectivity index (χ1n) is 3.19. The van der Waals surface area contributed by atoms with Gasteiger partial charge in [-0.25, -0.2) is 0 Å². The van der Waals surface area contributed by atoms with Gasteiger partial charge in [0, 0.05) is 0 Å². The SMILES string of the molecule is Cc1nnc(C(S)[CH]S(=O)(=O)O)s1. The van der Waals surface area contributed by atoms with Crippen LogP contribution in [0.1, 0.15) is 15.3 Å². The Kier molecular flexibility index (Phi) is 3.28. The van der Waals surface area contributed by atoms with Gasteiger partial charge in [0.05, 0.1) is 5.25 Å². The van der Waals surface area contributed by atoms with E-state index >= 15 is 0 Å². The minimum Gasteiger partial charge on any atom is -0.285 e. The fraction of sp³-hybridized carbons (Fsp3) is 0.400. The Bertz CT molecular complexity index is 385. The molecule has 1 atom stereocenters. The highest BCUT2D eigenvalue weighted by molar-refractivity contribution is 7.89. The molecule has 1 aromatic rings. The average molecular weight is 239 g/mol. The third kappa shape index (κ3) is 3.59. The number of thiol groups is 1. The van der Waals surface area contributed by atoms with Crippen LogP contribution in [-0.2, 0) is 10.1 Å². The maximum Gasteiger partial charge on any atom is 0.270 e.